The molecule has 1 aromatic carbocycles. The van der Waals surface area contributed by atoms with Crippen molar-refractivity contribution in [1.82, 2.24) is 10.3 Å². The lowest BCUT2D eigenvalue weighted by Gasteiger charge is -2.22. The van der Waals surface area contributed by atoms with Crippen LogP contribution in [-0.4, -0.2) is 24.1 Å². The third-order valence-corrected chi connectivity index (χ3v) is 4.21. The first-order valence-corrected chi connectivity index (χ1v) is 8.43. The summed E-state index contributed by atoms with van der Waals surface area (Å²) in [5, 5.41) is 10.8. The van der Waals surface area contributed by atoms with Gasteiger partial charge in [-0.1, -0.05) is 21.9 Å². The van der Waals surface area contributed by atoms with Gasteiger partial charge in [0.05, 0.1) is 12.4 Å². The zero-order valence-corrected chi connectivity index (χ0v) is 14.8. The standard InChI is InChI=1S/C16H16BrN3.C2H5N/c1-2-8-18-10-19-15-5-3-4-12-13-9-11(17)6-7-14(13)20-16(12)15;1-2-3/h1,6-7,9-10,15,20H,3-5,8H2,(H,18,19);2-3H,1H3. The number of rotatable bonds is 3. The molecule has 1 aromatic heterocycles. The van der Waals surface area contributed by atoms with E-state index in [0.29, 0.717) is 12.6 Å². The second-order valence-electron chi connectivity index (χ2n) is 5.28. The van der Waals surface area contributed by atoms with Gasteiger partial charge in [-0.25, -0.2) is 0 Å². The van der Waals surface area contributed by atoms with Crippen molar-refractivity contribution in [3.8, 4) is 12.3 Å². The number of hydrogen-bond donors (Lipinski definition) is 3. The third kappa shape index (κ3) is 4.23. The average molecular weight is 373 g/mol. The van der Waals surface area contributed by atoms with Gasteiger partial charge in [0.25, 0.3) is 0 Å². The lowest BCUT2D eigenvalue weighted by atomic mass is 9.92. The molecule has 0 aliphatic heterocycles. The Kier molecular flexibility index (Phi) is 6.42. The fourth-order valence-corrected chi connectivity index (χ4v) is 3.20. The van der Waals surface area contributed by atoms with E-state index in [1.54, 1.807) is 13.3 Å². The molecule has 3 N–H and O–H groups in total. The van der Waals surface area contributed by atoms with E-state index in [1.807, 2.05) is 0 Å². The molecular weight excluding hydrogens is 352 g/mol. The van der Waals surface area contributed by atoms with Gasteiger partial charge in [-0.2, -0.15) is 0 Å². The Bertz CT molecular complexity index is 739. The van der Waals surface area contributed by atoms with E-state index < -0.39 is 0 Å². The normalized spacial score (nSPS) is 16.3. The number of aromatic amines is 1. The fourth-order valence-electron chi connectivity index (χ4n) is 2.84. The molecule has 4 nitrogen and oxygen atoms in total. The Morgan fingerprint density at radius 3 is 3.09 bits per heavy atom. The number of aliphatic imine (C=N–C) groups is 1. The molecule has 1 atom stereocenters. The molecule has 1 aliphatic rings. The van der Waals surface area contributed by atoms with Crippen LogP contribution in [0.25, 0.3) is 10.9 Å². The number of aromatic nitrogens is 1. The van der Waals surface area contributed by atoms with Gasteiger partial charge in [-0.15, -0.1) is 6.42 Å². The molecule has 0 bridgehead atoms. The molecule has 3 rings (SSSR count). The number of fused-ring (bicyclic) bond motifs is 3. The number of aryl methyl sites for hydroxylation is 1. The Morgan fingerprint density at radius 2 is 2.35 bits per heavy atom. The Morgan fingerprint density at radius 1 is 1.57 bits per heavy atom. The number of halogens is 1. The number of nitrogens with zero attached hydrogens (tertiary/aromatic N) is 1. The summed E-state index contributed by atoms with van der Waals surface area (Å²) in [6.45, 7) is 2.09. The molecule has 0 fully saturated rings. The van der Waals surface area contributed by atoms with Gasteiger partial charge in [0.2, 0.25) is 0 Å². The maximum atomic E-state index is 6.08. The summed E-state index contributed by atoms with van der Waals surface area (Å²) in [4.78, 5) is 7.68. The van der Waals surface area contributed by atoms with E-state index in [4.69, 9.17) is 11.8 Å². The van der Waals surface area contributed by atoms with Crippen molar-refractivity contribution in [1.29, 1.82) is 5.41 Å². The molecule has 0 radical (unpaired) electrons. The van der Waals surface area contributed by atoms with Gasteiger partial charge in [-0.3, -0.25) is 4.99 Å². The summed E-state index contributed by atoms with van der Waals surface area (Å²) in [5.74, 6) is 2.50. The van der Waals surface area contributed by atoms with Crippen molar-refractivity contribution < 1.29 is 0 Å². The van der Waals surface area contributed by atoms with Gasteiger partial charge in [0.15, 0.2) is 0 Å². The van der Waals surface area contributed by atoms with E-state index in [9.17, 15) is 0 Å². The first-order chi connectivity index (χ1) is 11.2. The van der Waals surface area contributed by atoms with Crippen molar-refractivity contribution >= 4 is 39.4 Å². The molecule has 0 saturated carbocycles. The topological polar surface area (TPSA) is 64.0 Å². The van der Waals surface area contributed by atoms with Crippen LogP contribution in [0.5, 0.6) is 0 Å². The van der Waals surface area contributed by atoms with Crippen LogP contribution in [0.1, 0.15) is 37.1 Å². The summed E-state index contributed by atoms with van der Waals surface area (Å²) in [6.07, 6.45) is 11.6. The van der Waals surface area contributed by atoms with E-state index in [2.05, 4.69) is 55.3 Å². The molecule has 2 aromatic rings. The molecule has 0 spiro atoms. The minimum Gasteiger partial charge on any atom is -0.368 e. The van der Waals surface area contributed by atoms with Crippen molar-refractivity contribution in [3.63, 3.8) is 0 Å². The van der Waals surface area contributed by atoms with E-state index in [-0.39, 0.29) is 0 Å². The lowest BCUT2D eigenvalue weighted by molar-refractivity contribution is 0.523. The highest BCUT2D eigenvalue weighted by atomic mass is 79.9. The first-order valence-electron chi connectivity index (χ1n) is 7.64. The number of benzene rings is 1. The predicted octanol–water partition coefficient (Wildman–Crippen LogP) is 4.21. The quantitative estimate of drug-likeness (QED) is 0.421. The predicted molar refractivity (Wildman–Crippen MR) is 101 cm³/mol. The highest BCUT2D eigenvalue weighted by Gasteiger charge is 2.23. The molecule has 23 heavy (non-hydrogen) atoms. The SMILES string of the molecule is C#CCN=CNC1CCCc2c1[nH]c1ccc(Br)cc21.CC=N. The largest absolute Gasteiger partial charge is 0.368 e. The van der Waals surface area contributed by atoms with Gasteiger partial charge in [0.1, 0.15) is 6.54 Å². The van der Waals surface area contributed by atoms with E-state index >= 15 is 0 Å². The molecule has 5 heteroatoms. The van der Waals surface area contributed by atoms with E-state index in [1.165, 1.54) is 34.8 Å². The van der Waals surface area contributed by atoms with Crippen molar-refractivity contribution in [2.75, 3.05) is 6.54 Å². The fraction of sp³-hybridized carbons (Fsp3) is 0.333. The van der Waals surface area contributed by atoms with Crippen molar-refractivity contribution in [3.05, 3.63) is 33.9 Å². The molecule has 1 unspecified atom stereocenters. The molecule has 0 amide bonds. The van der Waals surface area contributed by atoms with Crippen LogP contribution in [0.2, 0.25) is 0 Å². The Hall–Kier alpha value is -2.06. The van der Waals surface area contributed by atoms with Crippen LogP contribution in [0.4, 0.5) is 0 Å². The molecular formula is C18H21BrN4. The van der Waals surface area contributed by atoms with Gasteiger partial charge in [-0.05, 0) is 56.2 Å². The third-order valence-electron chi connectivity index (χ3n) is 3.72. The second kappa shape index (κ2) is 8.54. The van der Waals surface area contributed by atoms with E-state index in [0.717, 1.165) is 17.3 Å². The summed E-state index contributed by atoms with van der Waals surface area (Å²) in [7, 11) is 0. The Labute approximate surface area is 145 Å². The van der Waals surface area contributed by atoms with Crippen LogP contribution in [0.15, 0.2) is 27.7 Å². The van der Waals surface area contributed by atoms with Crippen LogP contribution in [0.3, 0.4) is 0 Å². The lowest BCUT2D eigenvalue weighted by Crippen LogP contribution is -2.24. The summed E-state index contributed by atoms with van der Waals surface area (Å²) < 4.78 is 1.12. The number of H-pyrrole nitrogens is 1. The maximum absolute atomic E-state index is 6.08. The summed E-state index contributed by atoms with van der Waals surface area (Å²) >= 11 is 3.55. The maximum Gasteiger partial charge on any atom is 0.101 e. The van der Waals surface area contributed by atoms with Crippen LogP contribution >= 0.6 is 15.9 Å². The summed E-state index contributed by atoms with van der Waals surface area (Å²) in [5.41, 5.74) is 3.92. The minimum absolute atomic E-state index is 0.298. The van der Waals surface area contributed by atoms with Gasteiger partial charge >= 0.3 is 0 Å². The molecule has 0 saturated heterocycles. The van der Waals surface area contributed by atoms with Crippen molar-refractivity contribution in [2.45, 2.75) is 32.2 Å². The molecule has 120 valence electrons. The highest BCUT2D eigenvalue weighted by Crippen LogP contribution is 2.35. The van der Waals surface area contributed by atoms with Crippen LogP contribution in [-0.2, 0) is 6.42 Å². The zero-order chi connectivity index (χ0) is 16.7. The number of terminal acetylenes is 1. The van der Waals surface area contributed by atoms with Gasteiger partial charge in [0, 0.05) is 21.1 Å². The first kappa shape index (κ1) is 17.3. The average Bonchev–Trinajstić information content (AvgIpc) is 2.91. The van der Waals surface area contributed by atoms with Gasteiger partial charge < -0.3 is 15.7 Å². The highest BCUT2D eigenvalue weighted by molar-refractivity contribution is 9.10. The smallest absolute Gasteiger partial charge is 0.101 e. The van der Waals surface area contributed by atoms with Crippen molar-refractivity contribution in [2.24, 2.45) is 4.99 Å². The monoisotopic (exact) mass is 372 g/mol. The molecule has 1 heterocycles. The second-order valence-corrected chi connectivity index (χ2v) is 6.20. The zero-order valence-electron chi connectivity index (χ0n) is 13.2. The number of nitrogens with one attached hydrogen (secondary N) is 3. The van der Waals surface area contributed by atoms with Crippen LogP contribution in [0, 0.1) is 17.8 Å². The molecule has 1 aliphatic carbocycles. The minimum atomic E-state index is 0.298. The Balaban J connectivity index is 0.000000595. The van der Waals surface area contributed by atoms with Crippen LogP contribution < -0.4 is 5.32 Å². The summed E-state index contributed by atoms with van der Waals surface area (Å²) in [6, 6.07) is 6.69. The number of hydrogen-bond acceptors (Lipinski definition) is 2.